The first kappa shape index (κ1) is 48.1. The van der Waals surface area contributed by atoms with Gasteiger partial charge in [-0.05, 0) is 38.5 Å². The molecule has 0 aliphatic carbocycles. The van der Waals surface area contributed by atoms with Crippen molar-refractivity contribution >= 4 is 11.9 Å². The largest absolute Gasteiger partial charge is 0.462 e. The van der Waals surface area contributed by atoms with Gasteiger partial charge in [0, 0.05) is 12.8 Å². The summed E-state index contributed by atoms with van der Waals surface area (Å²) in [5, 5.41) is 71.1. The Hall–Kier alpha value is -2.02. The van der Waals surface area contributed by atoms with Crippen LogP contribution in [-0.4, -0.2) is 142 Å². The van der Waals surface area contributed by atoms with Crippen molar-refractivity contribution in [2.75, 3.05) is 26.4 Å². The summed E-state index contributed by atoms with van der Waals surface area (Å²) in [6.07, 6.45) is 7.88. The molecule has 0 amide bonds. The maximum absolute atomic E-state index is 12.7. The molecule has 15 nitrogen and oxygen atoms in total. The molecule has 0 bridgehead atoms. The number of unbranched alkanes of at least 4 members (excludes halogenated alkanes) is 11. The molecule has 0 aromatic carbocycles. The number of allylic oxidation sites excluding steroid dienone is 4. The van der Waals surface area contributed by atoms with Crippen LogP contribution in [0.1, 0.15) is 117 Å². The fraction of sp³-hybridized carbons (Fsp3) is 0.846. The molecule has 2 fully saturated rings. The summed E-state index contributed by atoms with van der Waals surface area (Å²) in [5.41, 5.74) is 0. The number of hydrogen-bond acceptors (Lipinski definition) is 15. The minimum absolute atomic E-state index is 0.0970. The van der Waals surface area contributed by atoms with Gasteiger partial charge in [-0.25, -0.2) is 0 Å². The number of carbonyl (C=O) groups excluding carboxylic acids is 2. The lowest BCUT2D eigenvalue weighted by molar-refractivity contribution is -0.332. The summed E-state index contributed by atoms with van der Waals surface area (Å²) < 4.78 is 32.7. The van der Waals surface area contributed by atoms with Gasteiger partial charge in [-0.3, -0.25) is 9.59 Å². The van der Waals surface area contributed by atoms with Crippen LogP contribution in [0.2, 0.25) is 0 Å². The minimum Gasteiger partial charge on any atom is -0.462 e. The molecule has 2 aliphatic heterocycles. The van der Waals surface area contributed by atoms with Crippen molar-refractivity contribution in [3.8, 4) is 0 Å². The van der Waals surface area contributed by atoms with E-state index in [0.717, 1.165) is 44.9 Å². The molecule has 54 heavy (non-hydrogen) atoms. The van der Waals surface area contributed by atoms with Crippen molar-refractivity contribution in [1.29, 1.82) is 0 Å². The zero-order valence-electron chi connectivity index (χ0n) is 32.2. The van der Waals surface area contributed by atoms with Gasteiger partial charge in [0.2, 0.25) is 0 Å². The average molecular weight is 777 g/mol. The Morgan fingerprint density at radius 1 is 0.611 bits per heavy atom. The highest BCUT2D eigenvalue weighted by Crippen LogP contribution is 2.26. The first-order valence-corrected chi connectivity index (χ1v) is 19.9. The van der Waals surface area contributed by atoms with Crippen LogP contribution in [0.15, 0.2) is 24.3 Å². The van der Waals surface area contributed by atoms with Crippen molar-refractivity contribution in [3.05, 3.63) is 24.3 Å². The predicted molar refractivity (Wildman–Crippen MR) is 197 cm³/mol. The van der Waals surface area contributed by atoms with Gasteiger partial charge in [-0.2, -0.15) is 0 Å². The van der Waals surface area contributed by atoms with Gasteiger partial charge in [0.25, 0.3) is 0 Å². The highest BCUT2D eigenvalue weighted by molar-refractivity contribution is 5.70. The third-order valence-electron chi connectivity index (χ3n) is 9.49. The fourth-order valence-corrected chi connectivity index (χ4v) is 6.05. The quantitative estimate of drug-likeness (QED) is 0.0344. The Morgan fingerprint density at radius 3 is 1.74 bits per heavy atom. The average Bonchev–Trinajstić information content (AvgIpc) is 3.17. The van der Waals surface area contributed by atoms with E-state index in [0.29, 0.717) is 6.42 Å². The van der Waals surface area contributed by atoms with Gasteiger partial charge in [0.05, 0.1) is 19.8 Å². The van der Waals surface area contributed by atoms with E-state index in [1.807, 2.05) is 0 Å². The van der Waals surface area contributed by atoms with Crippen molar-refractivity contribution in [2.24, 2.45) is 0 Å². The van der Waals surface area contributed by atoms with Crippen molar-refractivity contribution in [2.45, 2.75) is 184 Å². The van der Waals surface area contributed by atoms with Crippen LogP contribution in [0.5, 0.6) is 0 Å². The first-order chi connectivity index (χ1) is 26.0. The summed E-state index contributed by atoms with van der Waals surface area (Å²) in [5.74, 6) is -1.04. The Morgan fingerprint density at radius 2 is 1.15 bits per heavy atom. The summed E-state index contributed by atoms with van der Waals surface area (Å²) in [6.45, 7) is 1.92. The predicted octanol–water partition coefficient (Wildman–Crippen LogP) is 2.48. The molecule has 15 heteroatoms. The molecule has 11 unspecified atom stereocenters. The fourth-order valence-electron chi connectivity index (χ4n) is 6.05. The standard InChI is InChI=1S/C39H68O15/c1-3-5-6-7-8-9-10-11-12-13-14-15-16-17-18-19-20-21-22-31(42)52-27(24-49-30(41)4-2)25-50-38-37(48)35(46)33(44)29(54-38)26-51-39-36(47)34(45)32(43)28(23-40)53-39/h9-10,12-13,27-29,32-40,43-48H,3-8,11,14-26H2,1-2H3/b10-9-,13-12-. The topological polar surface area (TPSA) is 231 Å². The maximum Gasteiger partial charge on any atom is 0.306 e. The van der Waals surface area contributed by atoms with Crippen molar-refractivity contribution < 1.29 is 73.8 Å². The van der Waals surface area contributed by atoms with Gasteiger partial charge in [-0.1, -0.05) is 89.5 Å². The Kier molecular flexibility index (Phi) is 25.3. The monoisotopic (exact) mass is 776 g/mol. The summed E-state index contributed by atoms with van der Waals surface area (Å²) >= 11 is 0. The van der Waals surface area contributed by atoms with Crippen LogP contribution in [0, 0.1) is 0 Å². The van der Waals surface area contributed by atoms with Crippen LogP contribution < -0.4 is 0 Å². The minimum atomic E-state index is -1.76. The van der Waals surface area contributed by atoms with E-state index in [9.17, 15) is 45.3 Å². The number of esters is 2. The smallest absolute Gasteiger partial charge is 0.306 e. The van der Waals surface area contributed by atoms with E-state index in [-0.39, 0.29) is 19.4 Å². The molecule has 11 atom stereocenters. The molecule has 2 heterocycles. The Labute approximate surface area is 320 Å². The van der Waals surface area contributed by atoms with E-state index in [1.54, 1.807) is 6.92 Å². The van der Waals surface area contributed by atoms with Crippen LogP contribution in [0.4, 0.5) is 0 Å². The van der Waals surface area contributed by atoms with Crippen molar-refractivity contribution in [3.63, 3.8) is 0 Å². The molecule has 0 saturated carbocycles. The number of rotatable bonds is 28. The number of aliphatic hydroxyl groups excluding tert-OH is 7. The lowest BCUT2D eigenvalue weighted by Crippen LogP contribution is -2.61. The van der Waals surface area contributed by atoms with E-state index >= 15 is 0 Å². The Bertz CT molecular complexity index is 1060. The second-order valence-electron chi connectivity index (χ2n) is 14.1. The molecule has 2 aliphatic rings. The highest BCUT2D eigenvalue weighted by atomic mass is 16.7. The summed E-state index contributed by atoms with van der Waals surface area (Å²) in [4.78, 5) is 24.5. The molecule has 7 N–H and O–H groups in total. The maximum atomic E-state index is 12.7. The van der Waals surface area contributed by atoms with E-state index in [2.05, 4.69) is 31.2 Å². The zero-order valence-corrected chi connectivity index (χ0v) is 32.2. The van der Waals surface area contributed by atoms with Gasteiger partial charge < -0.3 is 64.2 Å². The van der Waals surface area contributed by atoms with Crippen LogP contribution in [0.25, 0.3) is 0 Å². The lowest BCUT2D eigenvalue weighted by atomic mass is 9.98. The zero-order chi connectivity index (χ0) is 39.7. The van der Waals surface area contributed by atoms with Crippen LogP contribution in [0.3, 0.4) is 0 Å². The molecule has 0 radical (unpaired) electrons. The summed E-state index contributed by atoms with van der Waals surface area (Å²) in [7, 11) is 0. The molecule has 0 aromatic heterocycles. The normalized spacial score (nSPS) is 29.5. The molecule has 0 aromatic rings. The van der Waals surface area contributed by atoms with E-state index < -0.39 is 99.3 Å². The molecule has 314 valence electrons. The number of aliphatic hydroxyl groups is 7. The van der Waals surface area contributed by atoms with E-state index in [1.165, 1.54) is 38.5 Å². The molecular weight excluding hydrogens is 708 g/mol. The van der Waals surface area contributed by atoms with Crippen LogP contribution >= 0.6 is 0 Å². The van der Waals surface area contributed by atoms with Gasteiger partial charge in [-0.15, -0.1) is 0 Å². The second kappa shape index (κ2) is 28.4. The summed E-state index contributed by atoms with van der Waals surface area (Å²) in [6, 6.07) is 0. The molecular formula is C39H68O15. The SMILES string of the molecule is CCCCCC/C=C\C/C=C\CCCCCCCCCC(=O)OC(COC(=O)CC)COC1OC(COC2OC(CO)C(O)C(O)C2O)C(O)C(O)C1O. The van der Waals surface area contributed by atoms with Crippen molar-refractivity contribution in [1.82, 2.24) is 0 Å². The van der Waals surface area contributed by atoms with Gasteiger partial charge in [0.1, 0.15) is 55.4 Å². The third kappa shape index (κ3) is 18.3. The van der Waals surface area contributed by atoms with E-state index in [4.69, 9.17) is 28.4 Å². The number of carbonyl (C=O) groups is 2. The lowest BCUT2D eigenvalue weighted by Gasteiger charge is -2.42. The molecule has 2 saturated heterocycles. The molecule has 2 rings (SSSR count). The Balaban J connectivity index is 1.71. The van der Waals surface area contributed by atoms with Gasteiger partial charge in [0.15, 0.2) is 18.7 Å². The second-order valence-corrected chi connectivity index (χ2v) is 14.1. The van der Waals surface area contributed by atoms with Crippen LogP contribution in [-0.2, 0) is 38.0 Å². The number of hydrogen-bond donors (Lipinski definition) is 7. The van der Waals surface area contributed by atoms with Gasteiger partial charge >= 0.3 is 11.9 Å². The number of ether oxygens (including phenoxy) is 6. The highest BCUT2D eigenvalue weighted by Gasteiger charge is 2.47. The first-order valence-electron chi connectivity index (χ1n) is 19.9. The third-order valence-corrected chi connectivity index (χ3v) is 9.49. The molecule has 0 spiro atoms.